The summed E-state index contributed by atoms with van der Waals surface area (Å²) in [6.07, 6.45) is 0.578. The van der Waals surface area contributed by atoms with E-state index in [0.29, 0.717) is 29.1 Å². The van der Waals surface area contributed by atoms with Crippen LogP contribution in [0.25, 0.3) is 0 Å². The number of anilines is 1. The van der Waals surface area contributed by atoms with Gasteiger partial charge in [0, 0.05) is 36.3 Å². The molecule has 2 aliphatic rings. The molecule has 2 aromatic carbocycles. The summed E-state index contributed by atoms with van der Waals surface area (Å²) < 4.78 is 5.46. The molecule has 0 spiro atoms. The van der Waals surface area contributed by atoms with Gasteiger partial charge in [0.05, 0.1) is 0 Å². The van der Waals surface area contributed by atoms with E-state index in [-0.39, 0.29) is 30.5 Å². The first-order valence-corrected chi connectivity index (χ1v) is 10.6. The minimum absolute atomic E-state index is 0.217. The average molecular weight is 456 g/mol. The zero-order valence-corrected chi connectivity index (χ0v) is 18.4. The number of hydrogen-bond donors (Lipinski definition) is 1. The van der Waals surface area contributed by atoms with Crippen molar-refractivity contribution < 1.29 is 23.9 Å². The Balaban J connectivity index is 1.49. The molecule has 0 aliphatic carbocycles. The molecular weight excluding hydrogens is 434 g/mol. The standard InChI is InChI=1S/C23H22ClN3O5/c1-13-6-8-15(10-18(13)24)26(2)23(31)32-16-9-7-14-12-27(22(30)17(14)11-16)19-4-3-5-20(28)25-21(19)29/h6-11,19H,3-5,12H2,1-2H3,(H,25,28,29). The molecule has 1 saturated heterocycles. The Kier molecular flexibility index (Phi) is 5.88. The first kappa shape index (κ1) is 21.8. The SMILES string of the molecule is Cc1ccc(N(C)C(=O)Oc2ccc3c(c2)C(=O)N(C2CCCC(=O)NC2=O)C3)cc1Cl. The predicted octanol–water partition coefficient (Wildman–Crippen LogP) is 3.43. The first-order valence-electron chi connectivity index (χ1n) is 10.2. The summed E-state index contributed by atoms with van der Waals surface area (Å²) in [6, 6.07) is 9.36. The van der Waals surface area contributed by atoms with Gasteiger partial charge in [0.1, 0.15) is 11.8 Å². The molecule has 1 unspecified atom stereocenters. The number of aryl methyl sites for hydroxylation is 1. The van der Waals surface area contributed by atoms with Gasteiger partial charge in [-0.05, 0) is 55.2 Å². The van der Waals surface area contributed by atoms with Crippen molar-refractivity contribution in [2.24, 2.45) is 0 Å². The molecule has 0 aromatic heterocycles. The first-order chi connectivity index (χ1) is 15.2. The highest BCUT2D eigenvalue weighted by atomic mass is 35.5. The third-order valence-electron chi connectivity index (χ3n) is 5.76. The van der Waals surface area contributed by atoms with Crippen molar-refractivity contribution in [1.29, 1.82) is 0 Å². The quantitative estimate of drug-likeness (QED) is 0.715. The fourth-order valence-corrected chi connectivity index (χ4v) is 4.03. The Bertz CT molecular complexity index is 1130. The highest BCUT2D eigenvalue weighted by Crippen LogP contribution is 2.30. The normalized spacial score (nSPS) is 18.2. The van der Waals surface area contributed by atoms with Gasteiger partial charge in [-0.25, -0.2) is 4.79 Å². The molecule has 0 bridgehead atoms. The van der Waals surface area contributed by atoms with Gasteiger partial charge in [0.15, 0.2) is 0 Å². The Morgan fingerprint density at radius 3 is 2.72 bits per heavy atom. The number of benzene rings is 2. The molecular formula is C23H22ClN3O5. The monoisotopic (exact) mass is 455 g/mol. The summed E-state index contributed by atoms with van der Waals surface area (Å²) in [4.78, 5) is 52.3. The molecule has 9 heteroatoms. The van der Waals surface area contributed by atoms with Gasteiger partial charge >= 0.3 is 6.09 Å². The van der Waals surface area contributed by atoms with E-state index in [4.69, 9.17) is 16.3 Å². The lowest BCUT2D eigenvalue weighted by atomic mass is 10.1. The van der Waals surface area contributed by atoms with Gasteiger partial charge in [-0.15, -0.1) is 0 Å². The Labute approximate surface area is 190 Å². The maximum absolute atomic E-state index is 13.0. The molecule has 2 aliphatic heterocycles. The minimum atomic E-state index is -0.704. The number of nitrogens with zero attached hydrogens (tertiary/aromatic N) is 2. The molecule has 2 heterocycles. The number of hydrogen-bond acceptors (Lipinski definition) is 5. The van der Waals surface area contributed by atoms with E-state index in [1.54, 1.807) is 37.4 Å². The molecule has 1 N–H and O–H groups in total. The van der Waals surface area contributed by atoms with Gasteiger partial charge in [-0.3, -0.25) is 24.6 Å². The summed E-state index contributed by atoms with van der Waals surface area (Å²) in [6.45, 7) is 2.13. The van der Waals surface area contributed by atoms with Gasteiger partial charge in [0.2, 0.25) is 11.8 Å². The topological polar surface area (TPSA) is 96.0 Å². The fourth-order valence-electron chi connectivity index (χ4n) is 3.85. The van der Waals surface area contributed by atoms with Crippen LogP contribution in [-0.4, -0.2) is 41.8 Å². The molecule has 4 rings (SSSR count). The van der Waals surface area contributed by atoms with Crippen LogP contribution in [0.5, 0.6) is 5.75 Å². The van der Waals surface area contributed by atoms with Crippen LogP contribution in [0, 0.1) is 6.92 Å². The highest BCUT2D eigenvalue weighted by Gasteiger charge is 2.38. The van der Waals surface area contributed by atoms with Crippen molar-refractivity contribution in [3.63, 3.8) is 0 Å². The molecule has 4 amide bonds. The molecule has 8 nitrogen and oxygen atoms in total. The Morgan fingerprint density at radius 1 is 1.19 bits per heavy atom. The highest BCUT2D eigenvalue weighted by molar-refractivity contribution is 6.31. The van der Waals surface area contributed by atoms with Crippen LogP contribution in [0.15, 0.2) is 36.4 Å². The number of fused-ring (bicyclic) bond motifs is 1. The zero-order valence-electron chi connectivity index (χ0n) is 17.7. The number of carbonyl (C=O) groups excluding carboxylic acids is 4. The summed E-state index contributed by atoms with van der Waals surface area (Å²) >= 11 is 6.14. The van der Waals surface area contributed by atoms with E-state index in [1.807, 2.05) is 6.92 Å². The summed E-state index contributed by atoms with van der Waals surface area (Å²) in [7, 11) is 1.57. The lowest BCUT2D eigenvalue weighted by Crippen LogP contribution is -2.46. The van der Waals surface area contributed by atoms with E-state index in [1.165, 1.54) is 15.9 Å². The number of halogens is 1. The van der Waals surface area contributed by atoms with Crippen LogP contribution in [0.1, 0.15) is 40.7 Å². The van der Waals surface area contributed by atoms with Gasteiger partial charge < -0.3 is 9.64 Å². The van der Waals surface area contributed by atoms with Crippen LogP contribution < -0.4 is 15.0 Å². The van der Waals surface area contributed by atoms with Crippen LogP contribution in [-0.2, 0) is 16.1 Å². The summed E-state index contributed by atoms with van der Waals surface area (Å²) in [5.74, 6) is -0.894. The number of ether oxygens (including phenoxy) is 1. The molecule has 0 saturated carbocycles. The molecule has 0 radical (unpaired) electrons. The molecule has 2 aromatic rings. The zero-order chi connectivity index (χ0) is 23.0. The predicted molar refractivity (Wildman–Crippen MR) is 118 cm³/mol. The lowest BCUT2D eigenvalue weighted by molar-refractivity contribution is -0.132. The number of rotatable bonds is 3. The van der Waals surface area contributed by atoms with Crippen molar-refractivity contribution in [2.45, 2.75) is 38.8 Å². The van der Waals surface area contributed by atoms with Crippen LogP contribution in [0.2, 0.25) is 5.02 Å². The van der Waals surface area contributed by atoms with E-state index in [9.17, 15) is 19.2 Å². The summed E-state index contributed by atoms with van der Waals surface area (Å²) in [5, 5.41) is 2.87. The van der Waals surface area contributed by atoms with Crippen molar-refractivity contribution in [3.8, 4) is 5.75 Å². The number of nitrogens with one attached hydrogen (secondary N) is 1. The average Bonchev–Trinajstić information content (AvgIpc) is 2.97. The van der Waals surface area contributed by atoms with Crippen LogP contribution in [0.3, 0.4) is 0 Å². The molecule has 1 fully saturated rings. The molecule has 1 atom stereocenters. The number of imide groups is 1. The largest absolute Gasteiger partial charge is 0.419 e. The van der Waals surface area contributed by atoms with Crippen molar-refractivity contribution in [2.75, 3.05) is 11.9 Å². The van der Waals surface area contributed by atoms with E-state index >= 15 is 0 Å². The van der Waals surface area contributed by atoms with Gasteiger partial charge in [-0.1, -0.05) is 23.7 Å². The lowest BCUT2D eigenvalue weighted by Gasteiger charge is -2.24. The van der Waals surface area contributed by atoms with Crippen molar-refractivity contribution in [3.05, 3.63) is 58.1 Å². The number of carbonyl (C=O) groups is 4. The van der Waals surface area contributed by atoms with Crippen molar-refractivity contribution >= 4 is 41.1 Å². The van der Waals surface area contributed by atoms with Gasteiger partial charge in [-0.2, -0.15) is 0 Å². The Hall–Kier alpha value is -3.39. The third kappa shape index (κ3) is 4.18. The van der Waals surface area contributed by atoms with E-state index < -0.39 is 18.0 Å². The second-order valence-corrected chi connectivity index (χ2v) is 8.34. The van der Waals surface area contributed by atoms with Crippen LogP contribution in [0.4, 0.5) is 10.5 Å². The van der Waals surface area contributed by atoms with Crippen LogP contribution >= 0.6 is 11.6 Å². The maximum Gasteiger partial charge on any atom is 0.419 e. The van der Waals surface area contributed by atoms with E-state index in [0.717, 1.165) is 11.1 Å². The fraction of sp³-hybridized carbons (Fsp3) is 0.304. The maximum atomic E-state index is 13.0. The molecule has 32 heavy (non-hydrogen) atoms. The second kappa shape index (κ2) is 8.63. The Morgan fingerprint density at radius 2 is 1.97 bits per heavy atom. The summed E-state index contributed by atoms with van der Waals surface area (Å²) in [5.41, 5.74) is 2.57. The van der Waals surface area contributed by atoms with E-state index in [2.05, 4.69) is 5.32 Å². The number of amides is 4. The smallest absolute Gasteiger partial charge is 0.410 e. The third-order valence-corrected chi connectivity index (χ3v) is 6.17. The van der Waals surface area contributed by atoms with Gasteiger partial charge in [0.25, 0.3) is 5.91 Å². The minimum Gasteiger partial charge on any atom is -0.410 e. The van der Waals surface area contributed by atoms with Crippen molar-refractivity contribution in [1.82, 2.24) is 10.2 Å². The second-order valence-electron chi connectivity index (χ2n) is 7.93. The molecule has 166 valence electrons.